The molecule has 0 spiro atoms. The van der Waals surface area contributed by atoms with E-state index in [1.54, 1.807) is 11.4 Å². The molecule has 0 saturated carbocycles. The van der Waals surface area contributed by atoms with Gasteiger partial charge in [0.25, 0.3) is 0 Å². The number of carbonyl (C=O) groups excluding carboxylic acids is 1. The summed E-state index contributed by atoms with van der Waals surface area (Å²) >= 11 is 0. The van der Waals surface area contributed by atoms with Crippen molar-refractivity contribution in [2.75, 3.05) is 26.2 Å². The lowest BCUT2D eigenvalue weighted by molar-refractivity contribution is -0.123. The van der Waals surface area contributed by atoms with Crippen molar-refractivity contribution in [3.8, 4) is 6.07 Å². The van der Waals surface area contributed by atoms with Crippen molar-refractivity contribution in [1.82, 2.24) is 10.2 Å². The fourth-order valence-electron chi connectivity index (χ4n) is 1.20. The molecule has 1 saturated heterocycles. The Morgan fingerprint density at radius 2 is 2.31 bits per heavy atom. The van der Waals surface area contributed by atoms with E-state index in [1.807, 2.05) is 0 Å². The summed E-state index contributed by atoms with van der Waals surface area (Å²) in [5.74, 6) is 0. The molecular weight excluding hydrogens is 227 g/mol. The fourth-order valence-corrected chi connectivity index (χ4v) is 1.20. The molecule has 1 unspecified atom stereocenters. The van der Waals surface area contributed by atoms with Gasteiger partial charge < -0.3 is 15.0 Å². The highest BCUT2D eigenvalue weighted by Crippen LogP contribution is 2.12. The van der Waals surface area contributed by atoms with Gasteiger partial charge in [-0.05, 0) is 0 Å². The maximum absolute atomic E-state index is 11.8. The normalized spacial score (nSPS) is 21.4. The summed E-state index contributed by atoms with van der Waals surface area (Å²) in [5, 5.41) is 10.3. The summed E-state index contributed by atoms with van der Waals surface area (Å²) in [6.07, 6.45) is -5.21. The van der Waals surface area contributed by atoms with Gasteiger partial charge in [-0.1, -0.05) is 0 Å². The molecule has 90 valence electrons. The minimum atomic E-state index is -4.43. The Kier molecular flexibility index (Phi) is 3.95. The van der Waals surface area contributed by atoms with Crippen molar-refractivity contribution >= 4 is 6.03 Å². The van der Waals surface area contributed by atoms with Crippen LogP contribution in [0.1, 0.15) is 0 Å². The van der Waals surface area contributed by atoms with E-state index >= 15 is 0 Å². The average molecular weight is 237 g/mol. The number of hydrogen-bond donors (Lipinski definition) is 1. The summed E-state index contributed by atoms with van der Waals surface area (Å²) in [4.78, 5) is 12.4. The molecule has 1 atom stereocenters. The molecule has 5 nitrogen and oxygen atoms in total. The van der Waals surface area contributed by atoms with E-state index in [-0.39, 0.29) is 19.7 Å². The predicted molar refractivity (Wildman–Crippen MR) is 46.4 cm³/mol. The molecular formula is C8H10F3N3O2. The highest BCUT2D eigenvalue weighted by atomic mass is 19.4. The fraction of sp³-hybridized carbons (Fsp3) is 0.750. The molecule has 0 aromatic heterocycles. The summed E-state index contributed by atoms with van der Waals surface area (Å²) in [7, 11) is 0. The van der Waals surface area contributed by atoms with Gasteiger partial charge in [0.15, 0.2) is 6.10 Å². The number of halogens is 3. The van der Waals surface area contributed by atoms with E-state index in [0.717, 1.165) is 4.90 Å². The minimum absolute atomic E-state index is 0.0137. The van der Waals surface area contributed by atoms with Crippen molar-refractivity contribution in [3.05, 3.63) is 0 Å². The van der Waals surface area contributed by atoms with E-state index < -0.39 is 24.9 Å². The molecule has 8 heteroatoms. The molecule has 0 bridgehead atoms. The van der Waals surface area contributed by atoms with E-state index in [0.29, 0.717) is 0 Å². The summed E-state index contributed by atoms with van der Waals surface area (Å²) in [6, 6.07) is 0.962. The Hall–Kier alpha value is -1.49. The molecule has 1 aliphatic rings. The van der Waals surface area contributed by atoms with Gasteiger partial charge in [0, 0.05) is 6.54 Å². The number of nitrogens with one attached hydrogen (secondary N) is 1. The minimum Gasteiger partial charge on any atom is -0.360 e. The zero-order valence-electron chi connectivity index (χ0n) is 8.25. The molecule has 0 aliphatic carbocycles. The number of hydrogen-bond acceptors (Lipinski definition) is 3. The SMILES string of the molecule is N#CC1CN(C(=O)NCC(F)(F)F)CCO1. The number of nitrogens with zero attached hydrogens (tertiary/aromatic N) is 2. The summed E-state index contributed by atoms with van der Waals surface area (Å²) < 4.78 is 40.4. The first-order chi connectivity index (χ1) is 7.42. The van der Waals surface area contributed by atoms with Crippen molar-refractivity contribution in [2.24, 2.45) is 0 Å². The van der Waals surface area contributed by atoms with Crippen molar-refractivity contribution in [2.45, 2.75) is 12.3 Å². The van der Waals surface area contributed by atoms with Crippen LogP contribution >= 0.6 is 0 Å². The second-order valence-electron chi connectivity index (χ2n) is 3.21. The van der Waals surface area contributed by atoms with Crippen LogP contribution in [0.15, 0.2) is 0 Å². The number of nitriles is 1. The lowest BCUT2D eigenvalue weighted by Gasteiger charge is -2.29. The number of morpholine rings is 1. The smallest absolute Gasteiger partial charge is 0.360 e. The second-order valence-corrected chi connectivity index (χ2v) is 3.21. The van der Waals surface area contributed by atoms with E-state index in [9.17, 15) is 18.0 Å². The van der Waals surface area contributed by atoms with Gasteiger partial charge in [-0.25, -0.2) is 4.79 Å². The van der Waals surface area contributed by atoms with Gasteiger partial charge in [0.05, 0.1) is 19.2 Å². The third-order valence-electron chi connectivity index (χ3n) is 1.94. The van der Waals surface area contributed by atoms with Crippen LogP contribution in [0.5, 0.6) is 0 Å². The van der Waals surface area contributed by atoms with Gasteiger partial charge in [-0.3, -0.25) is 0 Å². The van der Waals surface area contributed by atoms with Crippen LogP contribution in [0.25, 0.3) is 0 Å². The molecule has 2 amide bonds. The quantitative estimate of drug-likeness (QED) is 0.721. The number of amides is 2. The maximum atomic E-state index is 11.8. The molecule has 0 aromatic carbocycles. The summed E-state index contributed by atoms with van der Waals surface area (Å²) in [5.41, 5.74) is 0. The van der Waals surface area contributed by atoms with Gasteiger partial charge >= 0.3 is 12.2 Å². The van der Waals surface area contributed by atoms with Crippen LogP contribution in [0, 0.1) is 11.3 Å². The van der Waals surface area contributed by atoms with Crippen molar-refractivity contribution in [3.63, 3.8) is 0 Å². The highest BCUT2D eigenvalue weighted by molar-refractivity contribution is 5.74. The first-order valence-electron chi connectivity index (χ1n) is 4.53. The van der Waals surface area contributed by atoms with Crippen molar-refractivity contribution < 1.29 is 22.7 Å². The number of ether oxygens (including phenoxy) is 1. The van der Waals surface area contributed by atoms with Crippen LogP contribution in [0.4, 0.5) is 18.0 Å². The summed E-state index contributed by atoms with van der Waals surface area (Å²) in [6.45, 7) is -1.06. The number of alkyl halides is 3. The zero-order chi connectivity index (χ0) is 12.2. The van der Waals surface area contributed by atoms with Crippen LogP contribution in [0.2, 0.25) is 0 Å². The van der Waals surface area contributed by atoms with Gasteiger partial charge in [0.1, 0.15) is 6.54 Å². The first-order valence-corrected chi connectivity index (χ1v) is 4.53. The third-order valence-corrected chi connectivity index (χ3v) is 1.94. The average Bonchev–Trinajstić information content (AvgIpc) is 2.25. The Morgan fingerprint density at radius 3 is 2.88 bits per heavy atom. The second kappa shape index (κ2) is 5.03. The third kappa shape index (κ3) is 3.94. The molecule has 0 radical (unpaired) electrons. The Morgan fingerprint density at radius 1 is 1.62 bits per heavy atom. The van der Waals surface area contributed by atoms with Gasteiger partial charge in [-0.2, -0.15) is 18.4 Å². The highest BCUT2D eigenvalue weighted by Gasteiger charge is 2.30. The zero-order valence-corrected chi connectivity index (χ0v) is 8.25. The van der Waals surface area contributed by atoms with Crippen LogP contribution in [-0.2, 0) is 4.74 Å². The molecule has 1 N–H and O–H groups in total. The largest absolute Gasteiger partial charge is 0.405 e. The number of urea groups is 1. The lowest BCUT2D eigenvalue weighted by Crippen LogP contribution is -2.50. The first kappa shape index (κ1) is 12.6. The van der Waals surface area contributed by atoms with E-state index in [1.165, 1.54) is 0 Å². The van der Waals surface area contributed by atoms with Crippen LogP contribution in [0.3, 0.4) is 0 Å². The molecule has 1 rings (SSSR count). The van der Waals surface area contributed by atoms with Gasteiger partial charge in [0.2, 0.25) is 0 Å². The topological polar surface area (TPSA) is 65.4 Å². The molecule has 1 aliphatic heterocycles. The lowest BCUT2D eigenvalue weighted by atomic mass is 10.3. The van der Waals surface area contributed by atoms with Gasteiger partial charge in [-0.15, -0.1) is 0 Å². The van der Waals surface area contributed by atoms with E-state index in [2.05, 4.69) is 0 Å². The standard InChI is InChI=1S/C8H10F3N3O2/c9-8(10,11)5-13-7(15)14-1-2-16-6(3-12)4-14/h6H,1-2,4-5H2,(H,13,15). The molecule has 1 heterocycles. The number of rotatable bonds is 1. The Labute approximate surface area is 89.8 Å². The Balaban J connectivity index is 2.39. The molecule has 16 heavy (non-hydrogen) atoms. The van der Waals surface area contributed by atoms with Crippen LogP contribution in [-0.4, -0.2) is 49.5 Å². The molecule has 0 aromatic rings. The monoisotopic (exact) mass is 237 g/mol. The Bertz CT molecular complexity index is 300. The predicted octanol–water partition coefficient (Wildman–Crippen LogP) is 0.483. The van der Waals surface area contributed by atoms with Crippen molar-refractivity contribution in [1.29, 1.82) is 5.26 Å². The van der Waals surface area contributed by atoms with Crippen LogP contribution < -0.4 is 5.32 Å². The number of carbonyl (C=O) groups is 1. The van der Waals surface area contributed by atoms with E-state index in [4.69, 9.17) is 10.00 Å². The molecule has 1 fully saturated rings. The maximum Gasteiger partial charge on any atom is 0.405 e.